The number of carboxylic acid groups (broad SMARTS) is 3. The largest absolute Gasteiger partial charge is 0.478 e. The minimum Gasteiger partial charge on any atom is -0.478 e. The van der Waals surface area contributed by atoms with E-state index in [1.165, 1.54) is 48.9 Å². The Morgan fingerprint density at radius 3 is 1.74 bits per heavy atom. The van der Waals surface area contributed by atoms with Crippen LogP contribution in [-0.4, -0.2) is 48.2 Å². The zero-order chi connectivity index (χ0) is 19.6. The van der Waals surface area contributed by atoms with Crippen molar-refractivity contribution < 1.29 is 29.7 Å². The van der Waals surface area contributed by atoms with Gasteiger partial charge in [0.1, 0.15) is 0 Å². The van der Waals surface area contributed by atoms with E-state index in [4.69, 9.17) is 10.2 Å². The van der Waals surface area contributed by atoms with Crippen LogP contribution in [0.4, 0.5) is 0 Å². The predicted molar refractivity (Wildman–Crippen MR) is 91.6 cm³/mol. The van der Waals surface area contributed by atoms with Gasteiger partial charge >= 0.3 is 17.9 Å². The summed E-state index contributed by atoms with van der Waals surface area (Å²) in [4.78, 5) is 46.1. The van der Waals surface area contributed by atoms with Gasteiger partial charge in [-0.05, 0) is 30.3 Å². The van der Waals surface area contributed by atoms with E-state index in [0.717, 1.165) is 0 Å². The SMILES string of the molecule is O=C(O)c1ccnc(-c2cc(C(=O)O)c(-c3cc(C(=O)O)ccn3)cn2)c1. The summed E-state index contributed by atoms with van der Waals surface area (Å²) in [5, 5.41) is 27.7. The minimum absolute atomic E-state index is 0.0152. The van der Waals surface area contributed by atoms with Gasteiger partial charge in [-0.1, -0.05) is 0 Å². The molecule has 0 saturated heterocycles. The number of pyridine rings is 3. The van der Waals surface area contributed by atoms with E-state index in [9.17, 15) is 19.5 Å². The van der Waals surface area contributed by atoms with Crippen LogP contribution in [-0.2, 0) is 0 Å². The summed E-state index contributed by atoms with van der Waals surface area (Å²) in [6, 6.07) is 6.35. The molecule has 0 bridgehead atoms. The van der Waals surface area contributed by atoms with Crippen LogP contribution >= 0.6 is 0 Å². The number of hydrogen-bond donors (Lipinski definition) is 3. The first-order valence-corrected chi connectivity index (χ1v) is 7.49. The second-order valence-corrected chi connectivity index (χ2v) is 5.39. The summed E-state index contributed by atoms with van der Waals surface area (Å²) < 4.78 is 0. The van der Waals surface area contributed by atoms with Crippen molar-refractivity contribution in [1.29, 1.82) is 0 Å². The van der Waals surface area contributed by atoms with Crippen molar-refractivity contribution >= 4 is 17.9 Å². The number of aromatic nitrogens is 3. The van der Waals surface area contributed by atoms with Crippen LogP contribution in [0, 0.1) is 0 Å². The second kappa shape index (κ2) is 7.00. The molecule has 3 heterocycles. The van der Waals surface area contributed by atoms with Gasteiger partial charge in [-0.2, -0.15) is 0 Å². The molecule has 9 nitrogen and oxygen atoms in total. The lowest BCUT2D eigenvalue weighted by Gasteiger charge is -2.08. The Bertz CT molecular complexity index is 1080. The smallest absolute Gasteiger partial charge is 0.336 e. The molecule has 3 rings (SSSR count). The van der Waals surface area contributed by atoms with E-state index in [2.05, 4.69) is 15.0 Å². The number of hydrogen-bond acceptors (Lipinski definition) is 6. The van der Waals surface area contributed by atoms with Gasteiger partial charge in [-0.15, -0.1) is 0 Å². The summed E-state index contributed by atoms with van der Waals surface area (Å²) in [6.07, 6.45) is 3.78. The molecule has 0 saturated carbocycles. The molecule has 0 aliphatic carbocycles. The maximum atomic E-state index is 11.7. The van der Waals surface area contributed by atoms with Crippen LogP contribution in [0.1, 0.15) is 31.1 Å². The first kappa shape index (κ1) is 17.7. The van der Waals surface area contributed by atoms with E-state index in [0.29, 0.717) is 0 Å². The third kappa shape index (κ3) is 3.61. The van der Waals surface area contributed by atoms with E-state index >= 15 is 0 Å². The van der Waals surface area contributed by atoms with E-state index < -0.39 is 17.9 Å². The molecule has 0 spiro atoms. The molecule has 0 aliphatic rings. The number of carbonyl (C=O) groups is 3. The Balaban J connectivity index is 2.13. The molecular formula is C18H11N3O6. The third-order valence-corrected chi connectivity index (χ3v) is 3.69. The molecule has 3 aromatic rings. The summed E-state index contributed by atoms with van der Waals surface area (Å²) in [5.41, 5.74) is 0.388. The highest BCUT2D eigenvalue weighted by Crippen LogP contribution is 2.26. The molecule has 3 N–H and O–H groups in total. The van der Waals surface area contributed by atoms with Crippen LogP contribution in [0.15, 0.2) is 48.9 Å². The van der Waals surface area contributed by atoms with E-state index in [1.54, 1.807) is 0 Å². The first-order valence-electron chi connectivity index (χ1n) is 7.49. The number of rotatable bonds is 5. The average molecular weight is 365 g/mol. The van der Waals surface area contributed by atoms with Crippen LogP contribution in [0.25, 0.3) is 22.6 Å². The highest BCUT2D eigenvalue weighted by atomic mass is 16.4. The zero-order valence-corrected chi connectivity index (χ0v) is 13.5. The maximum absolute atomic E-state index is 11.7. The zero-order valence-electron chi connectivity index (χ0n) is 13.5. The van der Waals surface area contributed by atoms with Gasteiger partial charge in [0.25, 0.3) is 0 Å². The van der Waals surface area contributed by atoms with Gasteiger partial charge in [0.2, 0.25) is 0 Å². The molecule has 3 aromatic heterocycles. The van der Waals surface area contributed by atoms with Gasteiger partial charge in [0.15, 0.2) is 0 Å². The van der Waals surface area contributed by atoms with Crippen LogP contribution in [0.3, 0.4) is 0 Å². The van der Waals surface area contributed by atoms with Crippen LogP contribution < -0.4 is 0 Å². The lowest BCUT2D eigenvalue weighted by molar-refractivity contribution is 0.0685. The molecule has 0 atom stereocenters. The molecular weight excluding hydrogens is 354 g/mol. The maximum Gasteiger partial charge on any atom is 0.336 e. The standard InChI is InChI=1S/C18H11N3O6/c22-16(23)9-1-3-19-13(5-9)12-8-21-15(7-11(12)18(26)27)14-6-10(17(24)25)2-4-20-14/h1-8H,(H,22,23)(H,24,25)(H,26,27). The molecule has 0 radical (unpaired) electrons. The van der Waals surface area contributed by atoms with E-state index in [-0.39, 0.29) is 39.3 Å². The van der Waals surface area contributed by atoms with Gasteiger partial charge in [0.05, 0.1) is 33.8 Å². The van der Waals surface area contributed by atoms with Gasteiger partial charge in [-0.25, -0.2) is 14.4 Å². The molecule has 134 valence electrons. The lowest BCUT2D eigenvalue weighted by Crippen LogP contribution is -2.04. The highest BCUT2D eigenvalue weighted by Gasteiger charge is 2.17. The molecule has 0 unspecified atom stereocenters. The van der Waals surface area contributed by atoms with Crippen molar-refractivity contribution in [1.82, 2.24) is 15.0 Å². The van der Waals surface area contributed by atoms with Crippen molar-refractivity contribution in [2.24, 2.45) is 0 Å². The Labute approximate surface area is 151 Å². The summed E-state index contributed by atoms with van der Waals surface area (Å²) >= 11 is 0. The molecule has 0 aromatic carbocycles. The molecule has 0 fully saturated rings. The van der Waals surface area contributed by atoms with Crippen molar-refractivity contribution in [2.45, 2.75) is 0 Å². The Kier molecular flexibility index (Phi) is 4.58. The number of nitrogens with zero attached hydrogens (tertiary/aromatic N) is 3. The normalized spacial score (nSPS) is 10.4. The number of carboxylic acids is 3. The molecule has 0 aliphatic heterocycles. The fourth-order valence-electron chi connectivity index (χ4n) is 2.39. The monoisotopic (exact) mass is 365 g/mol. The second-order valence-electron chi connectivity index (χ2n) is 5.39. The fourth-order valence-corrected chi connectivity index (χ4v) is 2.39. The van der Waals surface area contributed by atoms with Crippen molar-refractivity contribution in [2.75, 3.05) is 0 Å². The summed E-state index contributed by atoms with van der Waals surface area (Å²) in [6.45, 7) is 0. The topological polar surface area (TPSA) is 151 Å². The van der Waals surface area contributed by atoms with Crippen molar-refractivity contribution in [3.63, 3.8) is 0 Å². The van der Waals surface area contributed by atoms with Crippen LogP contribution in [0.5, 0.6) is 0 Å². The average Bonchev–Trinajstić information content (AvgIpc) is 2.67. The van der Waals surface area contributed by atoms with Crippen molar-refractivity contribution in [3.8, 4) is 22.6 Å². The quantitative estimate of drug-likeness (QED) is 0.618. The van der Waals surface area contributed by atoms with Crippen LogP contribution in [0.2, 0.25) is 0 Å². The van der Waals surface area contributed by atoms with Gasteiger partial charge in [-0.3, -0.25) is 15.0 Å². The minimum atomic E-state index is -1.27. The highest BCUT2D eigenvalue weighted by molar-refractivity contribution is 5.97. The fraction of sp³-hybridized carbons (Fsp3) is 0. The lowest BCUT2D eigenvalue weighted by atomic mass is 10.0. The van der Waals surface area contributed by atoms with Crippen molar-refractivity contribution in [3.05, 3.63) is 65.6 Å². The molecule has 0 amide bonds. The van der Waals surface area contributed by atoms with Gasteiger partial charge in [0, 0.05) is 24.2 Å². The Morgan fingerprint density at radius 2 is 1.19 bits per heavy atom. The van der Waals surface area contributed by atoms with Gasteiger partial charge < -0.3 is 15.3 Å². The van der Waals surface area contributed by atoms with E-state index in [1.807, 2.05) is 0 Å². The Hall–Kier alpha value is -4.14. The summed E-state index contributed by atoms with van der Waals surface area (Å²) in [5.74, 6) is -3.59. The first-order chi connectivity index (χ1) is 12.9. The number of aromatic carboxylic acids is 3. The summed E-state index contributed by atoms with van der Waals surface area (Å²) in [7, 11) is 0. The molecule has 9 heteroatoms. The Morgan fingerprint density at radius 1 is 0.667 bits per heavy atom. The molecule has 27 heavy (non-hydrogen) atoms. The predicted octanol–water partition coefficient (Wildman–Crippen LogP) is 2.30. The third-order valence-electron chi connectivity index (χ3n) is 3.69.